The molecule has 114 valence electrons. The molecular formula is C15H19ClN2O3. The van der Waals surface area contributed by atoms with E-state index in [1.54, 1.807) is 18.2 Å². The molecule has 1 aromatic carbocycles. The highest BCUT2D eigenvalue weighted by Crippen LogP contribution is 2.20. The molecule has 5 nitrogen and oxygen atoms in total. The molecule has 1 saturated heterocycles. The number of hydrogen-bond acceptors (Lipinski definition) is 5. The lowest BCUT2D eigenvalue weighted by Gasteiger charge is -2.15. The van der Waals surface area contributed by atoms with Gasteiger partial charge in [0.2, 0.25) is 0 Å². The largest absolute Gasteiger partial charge is 0.389 e. The molecule has 1 aromatic rings. The number of nitrogens with one attached hydrogen (secondary N) is 1. The number of rotatable bonds is 7. The lowest BCUT2D eigenvalue weighted by molar-refractivity contribution is -0.0137. The highest BCUT2D eigenvalue weighted by Gasteiger charge is 2.16. The average Bonchev–Trinajstić information content (AvgIpc) is 2.98. The smallest absolute Gasteiger partial charge is 0.101 e. The first-order valence-corrected chi connectivity index (χ1v) is 7.38. The Hall–Kier alpha value is -1.32. The topological polar surface area (TPSA) is 74.5 Å². The zero-order valence-corrected chi connectivity index (χ0v) is 12.5. The highest BCUT2D eigenvalue weighted by molar-refractivity contribution is 6.32. The summed E-state index contributed by atoms with van der Waals surface area (Å²) in [6.45, 7) is 1.95. The van der Waals surface area contributed by atoms with E-state index in [9.17, 15) is 5.11 Å². The van der Waals surface area contributed by atoms with Crippen molar-refractivity contribution in [2.45, 2.75) is 25.0 Å². The van der Waals surface area contributed by atoms with Crippen LogP contribution in [0.25, 0.3) is 0 Å². The maximum atomic E-state index is 9.84. The predicted octanol–water partition coefficient (Wildman–Crippen LogP) is 2.18. The molecule has 0 spiro atoms. The van der Waals surface area contributed by atoms with Gasteiger partial charge in [0.05, 0.1) is 36.0 Å². The Kier molecular flexibility index (Phi) is 6.27. The fourth-order valence-corrected chi connectivity index (χ4v) is 2.34. The minimum absolute atomic E-state index is 0.169. The first kappa shape index (κ1) is 16.1. The van der Waals surface area contributed by atoms with Crippen LogP contribution in [0.5, 0.6) is 0 Å². The molecule has 2 N–H and O–H groups in total. The molecule has 1 fully saturated rings. The van der Waals surface area contributed by atoms with Gasteiger partial charge in [-0.25, -0.2) is 0 Å². The number of aliphatic hydroxyl groups is 1. The minimum atomic E-state index is -0.610. The molecular weight excluding hydrogens is 292 g/mol. The van der Waals surface area contributed by atoms with Gasteiger partial charge in [-0.15, -0.1) is 0 Å². The van der Waals surface area contributed by atoms with Crippen molar-refractivity contribution < 1.29 is 14.6 Å². The Balaban J connectivity index is 1.67. The summed E-state index contributed by atoms with van der Waals surface area (Å²) in [7, 11) is 0. The van der Waals surface area contributed by atoms with Gasteiger partial charge in [0, 0.05) is 18.8 Å². The van der Waals surface area contributed by atoms with Crippen LogP contribution in [-0.2, 0) is 9.47 Å². The van der Waals surface area contributed by atoms with Crippen LogP contribution in [0.1, 0.15) is 18.4 Å². The van der Waals surface area contributed by atoms with Crippen LogP contribution >= 0.6 is 11.6 Å². The van der Waals surface area contributed by atoms with Crippen LogP contribution < -0.4 is 5.32 Å². The fraction of sp³-hybridized carbons (Fsp3) is 0.533. The van der Waals surface area contributed by atoms with E-state index in [0.29, 0.717) is 23.7 Å². The monoisotopic (exact) mass is 310 g/mol. The van der Waals surface area contributed by atoms with E-state index in [1.165, 1.54) is 0 Å². The van der Waals surface area contributed by atoms with Gasteiger partial charge in [0.15, 0.2) is 0 Å². The van der Waals surface area contributed by atoms with Gasteiger partial charge >= 0.3 is 0 Å². The third-order valence-electron chi connectivity index (χ3n) is 3.27. The minimum Gasteiger partial charge on any atom is -0.389 e. The van der Waals surface area contributed by atoms with Gasteiger partial charge in [-0.2, -0.15) is 5.26 Å². The van der Waals surface area contributed by atoms with Crippen molar-refractivity contribution in [2.75, 3.05) is 31.7 Å². The molecule has 0 aliphatic carbocycles. The van der Waals surface area contributed by atoms with Gasteiger partial charge in [-0.3, -0.25) is 0 Å². The number of nitrogens with zero attached hydrogens (tertiary/aromatic N) is 1. The lowest BCUT2D eigenvalue weighted by Crippen LogP contribution is -2.27. The second-order valence-corrected chi connectivity index (χ2v) is 5.42. The maximum absolute atomic E-state index is 9.84. The summed E-state index contributed by atoms with van der Waals surface area (Å²) in [5.41, 5.74) is 1.19. The summed E-state index contributed by atoms with van der Waals surface area (Å²) in [5.74, 6) is 0. The van der Waals surface area contributed by atoms with Crippen molar-refractivity contribution in [1.29, 1.82) is 5.26 Å². The van der Waals surface area contributed by atoms with E-state index in [-0.39, 0.29) is 12.7 Å². The Morgan fingerprint density at radius 1 is 1.57 bits per heavy atom. The molecule has 21 heavy (non-hydrogen) atoms. The zero-order chi connectivity index (χ0) is 15.1. The summed E-state index contributed by atoms with van der Waals surface area (Å²) < 4.78 is 10.9. The molecule has 0 bridgehead atoms. The Bertz CT molecular complexity index is 498. The Labute approximate surface area is 129 Å². The number of aliphatic hydroxyl groups excluding tert-OH is 1. The normalized spacial score (nSPS) is 19.2. The van der Waals surface area contributed by atoms with Crippen molar-refractivity contribution in [3.8, 4) is 6.07 Å². The molecule has 2 rings (SSSR count). The summed E-state index contributed by atoms with van der Waals surface area (Å²) in [4.78, 5) is 0. The van der Waals surface area contributed by atoms with Crippen LogP contribution in [0.3, 0.4) is 0 Å². The van der Waals surface area contributed by atoms with E-state index in [4.69, 9.17) is 26.3 Å². The van der Waals surface area contributed by atoms with Crippen LogP contribution in [0.4, 0.5) is 5.69 Å². The molecule has 0 amide bonds. The van der Waals surface area contributed by atoms with Gasteiger partial charge in [-0.05, 0) is 31.0 Å². The van der Waals surface area contributed by atoms with Crippen molar-refractivity contribution in [1.82, 2.24) is 0 Å². The molecule has 2 atom stereocenters. The lowest BCUT2D eigenvalue weighted by atomic mass is 10.2. The number of hydrogen-bond donors (Lipinski definition) is 2. The van der Waals surface area contributed by atoms with E-state index in [1.807, 2.05) is 6.07 Å². The van der Waals surface area contributed by atoms with Crippen LogP contribution in [-0.4, -0.2) is 43.7 Å². The molecule has 2 unspecified atom stereocenters. The third-order valence-corrected chi connectivity index (χ3v) is 3.58. The standard InChI is InChI=1S/C15H19ClN2O3/c16-15-6-12(4-3-11(15)7-17)18-8-13(19)9-20-10-14-2-1-5-21-14/h3-4,6,13-14,18-19H,1-2,5,8-10H2. The zero-order valence-electron chi connectivity index (χ0n) is 11.7. The van der Waals surface area contributed by atoms with Crippen LogP contribution in [0, 0.1) is 11.3 Å². The van der Waals surface area contributed by atoms with E-state index < -0.39 is 6.10 Å². The maximum Gasteiger partial charge on any atom is 0.101 e. The summed E-state index contributed by atoms with van der Waals surface area (Å²) in [6.07, 6.45) is 1.67. The van der Waals surface area contributed by atoms with E-state index >= 15 is 0 Å². The predicted molar refractivity (Wildman–Crippen MR) is 80.5 cm³/mol. The summed E-state index contributed by atoms with van der Waals surface area (Å²) in [5, 5.41) is 22.1. The molecule has 0 saturated carbocycles. The second-order valence-electron chi connectivity index (χ2n) is 5.01. The number of benzene rings is 1. The summed E-state index contributed by atoms with van der Waals surface area (Å²) in [6, 6.07) is 7.07. The van der Waals surface area contributed by atoms with E-state index in [0.717, 1.165) is 25.1 Å². The third kappa shape index (κ3) is 5.18. The Morgan fingerprint density at radius 3 is 3.10 bits per heavy atom. The molecule has 1 heterocycles. The molecule has 1 aliphatic heterocycles. The van der Waals surface area contributed by atoms with Crippen molar-refractivity contribution in [3.63, 3.8) is 0 Å². The molecule has 1 aliphatic rings. The van der Waals surface area contributed by atoms with Crippen molar-refractivity contribution in [2.24, 2.45) is 0 Å². The first-order chi connectivity index (χ1) is 10.2. The van der Waals surface area contributed by atoms with Crippen LogP contribution in [0.15, 0.2) is 18.2 Å². The number of halogens is 1. The average molecular weight is 311 g/mol. The molecule has 0 radical (unpaired) electrons. The van der Waals surface area contributed by atoms with Crippen molar-refractivity contribution in [3.05, 3.63) is 28.8 Å². The number of nitriles is 1. The molecule has 6 heteroatoms. The number of anilines is 1. The Morgan fingerprint density at radius 2 is 2.43 bits per heavy atom. The van der Waals surface area contributed by atoms with Crippen LogP contribution in [0.2, 0.25) is 5.02 Å². The van der Waals surface area contributed by atoms with Gasteiger partial charge < -0.3 is 19.9 Å². The molecule has 0 aromatic heterocycles. The number of ether oxygens (including phenoxy) is 2. The quantitative estimate of drug-likeness (QED) is 0.807. The fourth-order valence-electron chi connectivity index (χ4n) is 2.12. The van der Waals surface area contributed by atoms with Crippen molar-refractivity contribution >= 4 is 17.3 Å². The summed E-state index contributed by atoms with van der Waals surface area (Å²) >= 11 is 5.94. The highest BCUT2D eigenvalue weighted by atomic mass is 35.5. The van der Waals surface area contributed by atoms with Gasteiger partial charge in [0.1, 0.15) is 6.07 Å². The van der Waals surface area contributed by atoms with Gasteiger partial charge in [0.25, 0.3) is 0 Å². The van der Waals surface area contributed by atoms with E-state index in [2.05, 4.69) is 5.32 Å². The SMILES string of the molecule is N#Cc1ccc(NCC(O)COCC2CCCO2)cc1Cl. The first-order valence-electron chi connectivity index (χ1n) is 7.00. The van der Waals surface area contributed by atoms with Gasteiger partial charge in [-0.1, -0.05) is 11.6 Å². The second kappa shape index (κ2) is 8.20.